The van der Waals surface area contributed by atoms with Crippen molar-refractivity contribution in [2.45, 2.75) is 27.2 Å². The van der Waals surface area contributed by atoms with Crippen LogP contribution in [0.3, 0.4) is 0 Å². The first-order chi connectivity index (χ1) is 9.03. The SMILES string of the molecule is CCC(C)CN(CC)c1ccc(Cl)cc1C(N)=NO. The maximum atomic E-state index is 8.89. The fourth-order valence-electron chi connectivity index (χ4n) is 1.95. The number of oxime groups is 1. The van der Waals surface area contributed by atoms with Gasteiger partial charge in [0.1, 0.15) is 0 Å². The van der Waals surface area contributed by atoms with Crippen LogP contribution in [0.25, 0.3) is 0 Å². The highest BCUT2D eigenvalue weighted by atomic mass is 35.5. The standard InChI is InChI=1S/C14H22ClN3O/c1-4-10(3)9-18(5-2)13-7-6-11(15)8-12(13)14(16)17-19/h6-8,10,19H,4-5,9H2,1-3H3,(H2,16,17). The lowest BCUT2D eigenvalue weighted by Gasteiger charge is -2.28. The van der Waals surface area contributed by atoms with Gasteiger partial charge in [-0.25, -0.2) is 0 Å². The fourth-order valence-corrected chi connectivity index (χ4v) is 2.12. The van der Waals surface area contributed by atoms with E-state index in [-0.39, 0.29) is 5.84 Å². The van der Waals surface area contributed by atoms with Crippen molar-refractivity contribution in [3.8, 4) is 0 Å². The van der Waals surface area contributed by atoms with Crippen molar-refractivity contribution in [1.29, 1.82) is 0 Å². The minimum atomic E-state index is 0.0834. The van der Waals surface area contributed by atoms with Gasteiger partial charge >= 0.3 is 0 Å². The molecule has 3 N–H and O–H groups in total. The molecule has 1 unspecified atom stereocenters. The van der Waals surface area contributed by atoms with Crippen LogP contribution in [0.1, 0.15) is 32.8 Å². The predicted octanol–water partition coefficient (Wildman–Crippen LogP) is 3.31. The van der Waals surface area contributed by atoms with Gasteiger partial charge in [0.15, 0.2) is 5.84 Å². The van der Waals surface area contributed by atoms with Crippen LogP contribution in [-0.2, 0) is 0 Å². The maximum Gasteiger partial charge on any atom is 0.172 e. The predicted molar refractivity (Wildman–Crippen MR) is 81.3 cm³/mol. The molecule has 1 aromatic rings. The molecular formula is C14H22ClN3O. The van der Waals surface area contributed by atoms with E-state index in [4.69, 9.17) is 22.5 Å². The minimum Gasteiger partial charge on any atom is -0.409 e. The highest BCUT2D eigenvalue weighted by Crippen LogP contribution is 2.25. The number of nitrogens with two attached hydrogens (primary N) is 1. The average molecular weight is 284 g/mol. The van der Waals surface area contributed by atoms with E-state index in [1.54, 1.807) is 6.07 Å². The van der Waals surface area contributed by atoms with Crippen LogP contribution in [0.2, 0.25) is 5.02 Å². The Hall–Kier alpha value is -1.42. The Morgan fingerprint density at radius 3 is 2.68 bits per heavy atom. The van der Waals surface area contributed by atoms with Crippen LogP contribution >= 0.6 is 11.6 Å². The van der Waals surface area contributed by atoms with Crippen molar-refractivity contribution < 1.29 is 5.21 Å². The van der Waals surface area contributed by atoms with Crippen molar-refractivity contribution >= 4 is 23.1 Å². The van der Waals surface area contributed by atoms with Gasteiger partial charge in [-0.2, -0.15) is 0 Å². The number of benzene rings is 1. The molecule has 0 radical (unpaired) electrons. The van der Waals surface area contributed by atoms with Crippen molar-refractivity contribution in [2.24, 2.45) is 16.8 Å². The highest BCUT2D eigenvalue weighted by Gasteiger charge is 2.15. The second-order valence-electron chi connectivity index (χ2n) is 4.70. The van der Waals surface area contributed by atoms with E-state index in [1.165, 1.54) is 0 Å². The minimum absolute atomic E-state index is 0.0834. The quantitative estimate of drug-likeness (QED) is 0.364. The molecule has 0 aromatic heterocycles. The van der Waals surface area contributed by atoms with Gasteiger partial charge in [0.05, 0.1) is 0 Å². The van der Waals surface area contributed by atoms with Crippen LogP contribution < -0.4 is 10.6 Å². The Morgan fingerprint density at radius 2 is 2.16 bits per heavy atom. The molecule has 0 fully saturated rings. The lowest BCUT2D eigenvalue weighted by Crippen LogP contribution is -2.30. The number of hydrogen-bond donors (Lipinski definition) is 2. The van der Waals surface area contributed by atoms with Gasteiger partial charge in [-0.15, -0.1) is 0 Å². The van der Waals surface area contributed by atoms with Crippen LogP contribution in [0.5, 0.6) is 0 Å². The number of rotatable bonds is 6. The highest BCUT2D eigenvalue weighted by molar-refractivity contribution is 6.31. The first-order valence-corrected chi connectivity index (χ1v) is 6.93. The molecule has 0 bridgehead atoms. The molecule has 1 rings (SSSR count). The maximum absolute atomic E-state index is 8.89. The summed E-state index contributed by atoms with van der Waals surface area (Å²) in [6.07, 6.45) is 1.11. The Labute approximate surface area is 119 Å². The number of nitrogens with zero attached hydrogens (tertiary/aromatic N) is 2. The van der Waals surface area contributed by atoms with E-state index in [9.17, 15) is 0 Å². The molecule has 4 nitrogen and oxygen atoms in total. The van der Waals surface area contributed by atoms with Gasteiger partial charge in [-0.05, 0) is 31.0 Å². The summed E-state index contributed by atoms with van der Waals surface area (Å²) in [6.45, 7) is 8.26. The normalized spacial score (nSPS) is 13.4. The van der Waals surface area contributed by atoms with E-state index in [0.717, 1.165) is 25.2 Å². The third-order valence-electron chi connectivity index (χ3n) is 3.29. The summed E-state index contributed by atoms with van der Waals surface area (Å²) >= 11 is 5.99. The van der Waals surface area contributed by atoms with Crippen molar-refractivity contribution in [2.75, 3.05) is 18.0 Å². The van der Waals surface area contributed by atoms with E-state index in [1.807, 2.05) is 12.1 Å². The summed E-state index contributed by atoms with van der Waals surface area (Å²) in [4.78, 5) is 2.22. The molecular weight excluding hydrogens is 262 g/mol. The summed E-state index contributed by atoms with van der Waals surface area (Å²) in [5, 5.41) is 12.5. The zero-order valence-corrected chi connectivity index (χ0v) is 12.5. The summed E-state index contributed by atoms with van der Waals surface area (Å²) in [7, 11) is 0. The Balaban J connectivity index is 3.16. The molecule has 0 spiro atoms. The Bertz CT molecular complexity index is 448. The van der Waals surface area contributed by atoms with E-state index in [0.29, 0.717) is 16.5 Å². The molecule has 0 amide bonds. The molecule has 0 heterocycles. The van der Waals surface area contributed by atoms with Crippen LogP contribution in [-0.4, -0.2) is 24.1 Å². The van der Waals surface area contributed by atoms with Gasteiger partial charge in [0, 0.05) is 29.4 Å². The molecule has 0 saturated heterocycles. The van der Waals surface area contributed by atoms with Gasteiger partial charge < -0.3 is 15.8 Å². The summed E-state index contributed by atoms with van der Waals surface area (Å²) in [6, 6.07) is 5.47. The second kappa shape index (κ2) is 7.24. The van der Waals surface area contributed by atoms with Crippen LogP contribution in [0, 0.1) is 5.92 Å². The number of amidine groups is 1. The lowest BCUT2D eigenvalue weighted by atomic mass is 10.1. The third-order valence-corrected chi connectivity index (χ3v) is 3.53. The van der Waals surface area contributed by atoms with E-state index in [2.05, 4.69) is 30.8 Å². The average Bonchev–Trinajstić information content (AvgIpc) is 2.43. The third kappa shape index (κ3) is 4.03. The number of hydrogen-bond acceptors (Lipinski definition) is 3. The fraction of sp³-hybridized carbons (Fsp3) is 0.500. The summed E-state index contributed by atoms with van der Waals surface area (Å²) in [5.41, 5.74) is 7.35. The number of halogens is 1. The first-order valence-electron chi connectivity index (χ1n) is 6.55. The largest absolute Gasteiger partial charge is 0.409 e. The smallest absolute Gasteiger partial charge is 0.172 e. The molecule has 1 atom stereocenters. The summed E-state index contributed by atoms with van der Waals surface area (Å²) < 4.78 is 0. The molecule has 0 saturated carbocycles. The molecule has 5 heteroatoms. The van der Waals surface area contributed by atoms with Gasteiger partial charge in [-0.3, -0.25) is 0 Å². The van der Waals surface area contributed by atoms with Gasteiger partial charge in [0.2, 0.25) is 0 Å². The molecule has 0 aliphatic heterocycles. The Kier molecular flexibility index (Phi) is 5.96. The first kappa shape index (κ1) is 15.6. The number of anilines is 1. The molecule has 106 valence electrons. The van der Waals surface area contributed by atoms with Crippen LogP contribution in [0.4, 0.5) is 5.69 Å². The molecule has 1 aromatic carbocycles. The molecule has 19 heavy (non-hydrogen) atoms. The van der Waals surface area contributed by atoms with Gasteiger partial charge in [-0.1, -0.05) is 37.0 Å². The topological polar surface area (TPSA) is 61.8 Å². The second-order valence-corrected chi connectivity index (χ2v) is 5.14. The van der Waals surface area contributed by atoms with Crippen LogP contribution in [0.15, 0.2) is 23.4 Å². The van der Waals surface area contributed by atoms with Gasteiger partial charge in [0.25, 0.3) is 0 Å². The monoisotopic (exact) mass is 283 g/mol. The lowest BCUT2D eigenvalue weighted by molar-refractivity contribution is 0.318. The van der Waals surface area contributed by atoms with Crippen molar-refractivity contribution in [1.82, 2.24) is 0 Å². The molecule has 0 aliphatic carbocycles. The van der Waals surface area contributed by atoms with E-state index >= 15 is 0 Å². The Morgan fingerprint density at radius 1 is 1.47 bits per heavy atom. The van der Waals surface area contributed by atoms with Crippen molar-refractivity contribution in [3.63, 3.8) is 0 Å². The van der Waals surface area contributed by atoms with E-state index < -0.39 is 0 Å². The summed E-state index contributed by atoms with van der Waals surface area (Å²) in [5.74, 6) is 0.663. The molecule has 0 aliphatic rings. The zero-order chi connectivity index (χ0) is 14.4. The zero-order valence-electron chi connectivity index (χ0n) is 11.7. The van der Waals surface area contributed by atoms with Crippen molar-refractivity contribution in [3.05, 3.63) is 28.8 Å².